The number of guanidine groups is 1. The Morgan fingerprint density at radius 3 is 2.61 bits per heavy atom. The summed E-state index contributed by atoms with van der Waals surface area (Å²) in [6.45, 7) is 8.19. The maximum atomic E-state index is 13.9. The molecule has 1 aromatic carbocycles. The molecule has 6 nitrogen and oxygen atoms in total. The first-order valence-electron chi connectivity index (χ1n) is 11.3. The summed E-state index contributed by atoms with van der Waals surface area (Å²) in [4.78, 5) is 20.9. The normalized spacial score (nSPS) is 20.9. The summed E-state index contributed by atoms with van der Waals surface area (Å²) in [6.07, 6.45) is 4.75. The number of likely N-dealkylation sites (tertiary alicyclic amines) is 2. The molecule has 174 valence electrons. The number of primary amides is 1. The van der Waals surface area contributed by atoms with Gasteiger partial charge in [-0.25, -0.2) is 4.39 Å². The van der Waals surface area contributed by atoms with E-state index >= 15 is 0 Å². The van der Waals surface area contributed by atoms with Gasteiger partial charge in [-0.15, -0.1) is 24.0 Å². The highest BCUT2D eigenvalue weighted by Gasteiger charge is 2.24. The minimum atomic E-state index is -0.217. The standard InChI is InChI=1S/C23H36FN5O.HI/c1-2-26-23(29-11-5-6-19(16-29)14-22(25)30)27-15-18-9-12-28(13-10-18)17-20-7-3-4-8-21(20)24;/h3-4,7-8,18-19H,2,5-6,9-17H2,1H3,(H2,25,30)(H,26,27);1H. The molecule has 2 saturated heterocycles. The van der Waals surface area contributed by atoms with E-state index < -0.39 is 0 Å². The molecule has 3 rings (SSSR count). The molecular formula is C23H37FIN5O. The van der Waals surface area contributed by atoms with Crippen molar-refractivity contribution < 1.29 is 9.18 Å². The molecule has 31 heavy (non-hydrogen) atoms. The van der Waals surface area contributed by atoms with Gasteiger partial charge in [0.05, 0.1) is 0 Å². The zero-order valence-electron chi connectivity index (χ0n) is 18.6. The van der Waals surface area contributed by atoms with Gasteiger partial charge < -0.3 is 16.0 Å². The fraction of sp³-hybridized carbons (Fsp3) is 0.652. The highest BCUT2D eigenvalue weighted by Crippen LogP contribution is 2.22. The maximum absolute atomic E-state index is 13.9. The van der Waals surface area contributed by atoms with Gasteiger partial charge in [0.25, 0.3) is 0 Å². The lowest BCUT2D eigenvalue weighted by Crippen LogP contribution is -2.47. The first-order valence-corrected chi connectivity index (χ1v) is 11.3. The summed E-state index contributed by atoms with van der Waals surface area (Å²) < 4.78 is 13.9. The van der Waals surface area contributed by atoms with E-state index in [4.69, 9.17) is 10.7 Å². The molecule has 0 spiro atoms. The van der Waals surface area contributed by atoms with E-state index in [1.54, 1.807) is 6.07 Å². The third-order valence-electron chi connectivity index (χ3n) is 6.20. The van der Waals surface area contributed by atoms with Crippen molar-refractivity contribution in [2.75, 3.05) is 39.3 Å². The van der Waals surface area contributed by atoms with E-state index in [1.165, 1.54) is 6.07 Å². The molecule has 0 aromatic heterocycles. The van der Waals surface area contributed by atoms with Gasteiger partial charge in [-0.1, -0.05) is 18.2 Å². The van der Waals surface area contributed by atoms with Crippen molar-refractivity contribution >= 4 is 35.8 Å². The molecule has 0 radical (unpaired) electrons. The fourth-order valence-corrected chi connectivity index (χ4v) is 4.54. The Morgan fingerprint density at radius 1 is 1.19 bits per heavy atom. The van der Waals surface area contributed by atoms with Crippen molar-refractivity contribution in [3.63, 3.8) is 0 Å². The Morgan fingerprint density at radius 2 is 1.94 bits per heavy atom. The van der Waals surface area contributed by atoms with Gasteiger partial charge >= 0.3 is 0 Å². The smallest absolute Gasteiger partial charge is 0.217 e. The average molecular weight is 545 g/mol. The van der Waals surface area contributed by atoms with Gasteiger partial charge in [0, 0.05) is 44.7 Å². The lowest BCUT2D eigenvalue weighted by molar-refractivity contribution is -0.119. The Balaban J connectivity index is 0.00000341. The molecule has 2 aliphatic heterocycles. The van der Waals surface area contributed by atoms with Gasteiger partial charge in [0.2, 0.25) is 5.91 Å². The lowest BCUT2D eigenvalue weighted by atomic mass is 9.94. The van der Waals surface area contributed by atoms with Crippen LogP contribution in [0.3, 0.4) is 0 Å². The Kier molecular flexibility index (Phi) is 11.0. The number of hydrogen-bond donors (Lipinski definition) is 2. The Labute approximate surface area is 202 Å². The topological polar surface area (TPSA) is 74.0 Å². The van der Waals surface area contributed by atoms with Crippen LogP contribution < -0.4 is 11.1 Å². The zero-order valence-corrected chi connectivity index (χ0v) is 20.9. The molecular weight excluding hydrogens is 508 g/mol. The second-order valence-corrected chi connectivity index (χ2v) is 8.63. The van der Waals surface area contributed by atoms with Crippen LogP contribution in [0.1, 0.15) is 44.6 Å². The van der Waals surface area contributed by atoms with E-state index in [1.807, 2.05) is 12.1 Å². The minimum absolute atomic E-state index is 0. The van der Waals surface area contributed by atoms with Gasteiger partial charge in [0.15, 0.2) is 5.96 Å². The van der Waals surface area contributed by atoms with Crippen molar-refractivity contribution in [3.8, 4) is 0 Å². The fourth-order valence-electron chi connectivity index (χ4n) is 4.54. The predicted octanol–water partition coefficient (Wildman–Crippen LogP) is 3.21. The molecule has 3 N–H and O–H groups in total. The van der Waals surface area contributed by atoms with Crippen LogP contribution in [-0.4, -0.2) is 60.9 Å². The second kappa shape index (κ2) is 13.2. The first-order chi connectivity index (χ1) is 14.5. The molecule has 1 atom stereocenters. The van der Waals surface area contributed by atoms with Crippen molar-refractivity contribution in [2.24, 2.45) is 22.6 Å². The first kappa shape index (κ1) is 25.8. The number of carbonyl (C=O) groups is 1. The van der Waals surface area contributed by atoms with Crippen LogP contribution in [0, 0.1) is 17.7 Å². The third kappa shape index (κ3) is 8.21. The summed E-state index contributed by atoms with van der Waals surface area (Å²) in [7, 11) is 0. The second-order valence-electron chi connectivity index (χ2n) is 8.63. The van der Waals surface area contributed by atoms with Crippen LogP contribution in [0.5, 0.6) is 0 Å². The van der Waals surface area contributed by atoms with Crippen molar-refractivity contribution in [1.82, 2.24) is 15.1 Å². The highest BCUT2D eigenvalue weighted by molar-refractivity contribution is 14.0. The molecule has 1 unspecified atom stereocenters. The van der Waals surface area contributed by atoms with Gasteiger partial charge in [-0.3, -0.25) is 14.7 Å². The molecule has 0 aliphatic carbocycles. The summed E-state index contributed by atoms with van der Waals surface area (Å²) in [5.74, 6) is 1.51. The van der Waals surface area contributed by atoms with Crippen LogP contribution in [-0.2, 0) is 11.3 Å². The zero-order chi connectivity index (χ0) is 21.3. The maximum Gasteiger partial charge on any atom is 0.217 e. The Bertz CT molecular complexity index is 724. The van der Waals surface area contributed by atoms with Crippen LogP contribution in [0.15, 0.2) is 29.3 Å². The number of rotatable bonds is 7. The van der Waals surface area contributed by atoms with Gasteiger partial charge in [-0.05, 0) is 63.6 Å². The van der Waals surface area contributed by atoms with Crippen LogP contribution >= 0.6 is 24.0 Å². The van der Waals surface area contributed by atoms with Crippen molar-refractivity contribution in [1.29, 1.82) is 0 Å². The van der Waals surface area contributed by atoms with Crippen LogP contribution in [0.4, 0.5) is 4.39 Å². The predicted molar refractivity (Wildman–Crippen MR) is 134 cm³/mol. The number of nitrogens with two attached hydrogens (primary N) is 1. The number of nitrogens with zero attached hydrogens (tertiary/aromatic N) is 3. The summed E-state index contributed by atoms with van der Waals surface area (Å²) in [5.41, 5.74) is 6.18. The highest BCUT2D eigenvalue weighted by atomic mass is 127. The molecule has 2 heterocycles. The van der Waals surface area contributed by atoms with Gasteiger partial charge in [0.1, 0.15) is 5.82 Å². The molecule has 0 saturated carbocycles. The van der Waals surface area contributed by atoms with E-state index in [2.05, 4.69) is 22.0 Å². The van der Waals surface area contributed by atoms with Crippen molar-refractivity contribution in [3.05, 3.63) is 35.6 Å². The lowest BCUT2D eigenvalue weighted by Gasteiger charge is -2.35. The SMILES string of the molecule is CCNC(=NCC1CCN(Cc2ccccc2F)CC1)N1CCCC(CC(N)=O)C1.I. The largest absolute Gasteiger partial charge is 0.370 e. The molecule has 0 bridgehead atoms. The molecule has 1 aromatic rings. The summed E-state index contributed by atoms with van der Waals surface area (Å²) in [6, 6.07) is 7.05. The number of piperidine rings is 2. The van der Waals surface area contributed by atoms with E-state index in [0.29, 0.717) is 24.8 Å². The number of hydrogen-bond acceptors (Lipinski definition) is 3. The number of carbonyl (C=O) groups excluding carboxylic acids is 1. The quantitative estimate of drug-likeness (QED) is 0.314. The molecule has 2 aliphatic rings. The number of benzene rings is 1. The summed E-state index contributed by atoms with van der Waals surface area (Å²) >= 11 is 0. The number of halogens is 2. The van der Waals surface area contributed by atoms with Crippen LogP contribution in [0.25, 0.3) is 0 Å². The van der Waals surface area contributed by atoms with Crippen LogP contribution in [0.2, 0.25) is 0 Å². The van der Waals surface area contributed by atoms with E-state index in [-0.39, 0.29) is 35.7 Å². The summed E-state index contributed by atoms with van der Waals surface area (Å²) in [5, 5.41) is 3.42. The number of aliphatic imine (C=N–C) groups is 1. The average Bonchev–Trinajstić information content (AvgIpc) is 2.73. The third-order valence-corrected chi connectivity index (χ3v) is 6.20. The Hall–Kier alpha value is -1.42. The molecule has 2 fully saturated rings. The van der Waals surface area contributed by atoms with E-state index in [0.717, 1.165) is 76.5 Å². The monoisotopic (exact) mass is 545 g/mol. The number of nitrogens with one attached hydrogen (secondary N) is 1. The molecule has 1 amide bonds. The number of amides is 1. The van der Waals surface area contributed by atoms with E-state index in [9.17, 15) is 9.18 Å². The van der Waals surface area contributed by atoms with Gasteiger partial charge in [-0.2, -0.15) is 0 Å². The minimum Gasteiger partial charge on any atom is -0.370 e. The van der Waals surface area contributed by atoms with Crippen molar-refractivity contribution in [2.45, 2.75) is 45.6 Å². The molecule has 8 heteroatoms.